The van der Waals surface area contributed by atoms with Crippen LogP contribution in [0.3, 0.4) is 0 Å². The smallest absolute Gasteiger partial charge is 0.387 e. The summed E-state index contributed by atoms with van der Waals surface area (Å²) in [5, 5.41) is 12.6. The summed E-state index contributed by atoms with van der Waals surface area (Å²) in [5.74, 6) is 0.943. The van der Waals surface area contributed by atoms with Gasteiger partial charge in [0.2, 0.25) is 5.88 Å². The van der Waals surface area contributed by atoms with Gasteiger partial charge in [0.25, 0.3) is 5.88 Å². The highest BCUT2D eigenvalue weighted by atomic mass is 19.3. The van der Waals surface area contributed by atoms with Crippen molar-refractivity contribution in [2.45, 2.75) is 31.5 Å². The predicted molar refractivity (Wildman–Crippen MR) is 88.7 cm³/mol. The molecule has 0 atom stereocenters. The fraction of sp³-hybridized carbons (Fsp3) is 0.278. The Kier molecular flexibility index (Phi) is 4.57. The predicted octanol–water partition coefficient (Wildman–Crippen LogP) is 3.76. The van der Waals surface area contributed by atoms with Crippen LogP contribution in [0.15, 0.2) is 47.2 Å². The van der Waals surface area contributed by atoms with E-state index in [-0.39, 0.29) is 17.7 Å². The van der Waals surface area contributed by atoms with Crippen LogP contribution in [-0.4, -0.2) is 32.9 Å². The molecule has 1 aromatic carbocycles. The molecule has 2 aromatic heterocycles. The number of hydrogen-bond donors (Lipinski definition) is 1. The minimum Gasteiger partial charge on any atom is -0.491 e. The Balaban J connectivity index is 1.30. The van der Waals surface area contributed by atoms with Gasteiger partial charge in [-0.2, -0.15) is 8.78 Å². The maximum Gasteiger partial charge on any atom is 0.387 e. The lowest BCUT2D eigenvalue weighted by molar-refractivity contribution is -0.0498. The normalized spacial score (nSPS) is 18.9. The second-order valence-electron chi connectivity index (χ2n) is 6.14. The molecule has 1 fully saturated rings. The van der Waals surface area contributed by atoms with E-state index in [1.807, 2.05) is 0 Å². The van der Waals surface area contributed by atoms with Gasteiger partial charge in [0.1, 0.15) is 17.5 Å². The highest BCUT2D eigenvalue weighted by molar-refractivity contribution is 5.51. The summed E-state index contributed by atoms with van der Waals surface area (Å²) in [6, 6.07) is 8.01. The molecule has 140 valence electrons. The number of aromatic hydroxyl groups is 1. The number of aromatic nitrogens is 3. The van der Waals surface area contributed by atoms with E-state index in [2.05, 4.69) is 19.9 Å². The third-order valence-electron chi connectivity index (χ3n) is 4.34. The van der Waals surface area contributed by atoms with Gasteiger partial charge in [0.05, 0.1) is 18.5 Å². The molecular weight excluding hydrogens is 360 g/mol. The monoisotopic (exact) mass is 375 g/mol. The van der Waals surface area contributed by atoms with Crippen LogP contribution in [0, 0.1) is 0 Å². The lowest BCUT2D eigenvalue weighted by Crippen LogP contribution is -2.32. The molecule has 0 aliphatic heterocycles. The molecule has 9 heteroatoms. The quantitative estimate of drug-likeness (QED) is 0.701. The van der Waals surface area contributed by atoms with E-state index in [1.54, 1.807) is 24.3 Å². The van der Waals surface area contributed by atoms with Crippen LogP contribution < -0.4 is 9.47 Å². The molecule has 1 aliphatic carbocycles. The third-order valence-corrected chi connectivity index (χ3v) is 4.34. The topological polar surface area (TPSA) is 90.5 Å². The Hall–Kier alpha value is -3.23. The highest BCUT2D eigenvalue weighted by Gasteiger charge is 2.32. The summed E-state index contributed by atoms with van der Waals surface area (Å²) in [5.41, 5.74) is 1.50. The van der Waals surface area contributed by atoms with E-state index in [4.69, 9.17) is 9.26 Å². The Morgan fingerprint density at radius 3 is 2.48 bits per heavy atom. The van der Waals surface area contributed by atoms with Crippen LogP contribution in [0.2, 0.25) is 0 Å². The Labute approximate surface area is 152 Å². The molecule has 0 bridgehead atoms. The highest BCUT2D eigenvalue weighted by Crippen LogP contribution is 2.39. The summed E-state index contributed by atoms with van der Waals surface area (Å²) in [4.78, 5) is 8.36. The van der Waals surface area contributed by atoms with Crippen molar-refractivity contribution in [2.75, 3.05) is 0 Å². The molecule has 1 saturated carbocycles. The number of benzene rings is 1. The summed E-state index contributed by atoms with van der Waals surface area (Å²) < 4.78 is 39.4. The number of alkyl halides is 2. The van der Waals surface area contributed by atoms with Gasteiger partial charge in [0, 0.05) is 0 Å². The van der Waals surface area contributed by atoms with Crippen molar-refractivity contribution >= 4 is 0 Å². The fourth-order valence-electron chi connectivity index (χ4n) is 2.92. The summed E-state index contributed by atoms with van der Waals surface area (Å²) >= 11 is 0. The maximum atomic E-state index is 12.2. The van der Waals surface area contributed by atoms with Crippen molar-refractivity contribution in [2.24, 2.45) is 0 Å². The molecule has 3 aromatic rings. The number of rotatable bonds is 6. The van der Waals surface area contributed by atoms with Crippen LogP contribution in [0.25, 0.3) is 11.5 Å². The van der Waals surface area contributed by atoms with Crippen LogP contribution in [0.4, 0.5) is 8.78 Å². The molecule has 1 aliphatic rings. The average molecular weight is 375 g/mol. The number of nitrogens with zero attached hydrogens (tertiary/aromatic N) is 3. The standard InChI is InChI=1S/C18H15F2N3O4/c19-18(20)26-12-3-1-10(2-4-12)11-5-13(6-11)25-17-9-21-14(8-22-17)15-7-16(24)23-27-15/h1-4,7-9,11,13,18H,5-6H2,(H,23,24)/t11-,13+. The number of hydrogen-bond acceptors (Lipinski definition) is 7. The Bertz CT molecular complexity index is 894. The third kappa shape index (κ3) is 3.97. The number of halogens is 2. The van der Waals surface area contributed by atoms with Gasteiger partial charge in [-0.05, 0) is 41.6 Å². The van der Waals surface area contributed by atoms with Gasteiger partial charge < -0.3 is 19.1 Å². The minimum atomic E-state index is -2.82. The molecule has 0 amide bonds. The van der Waals surface area contributed by atoms with Gasteiger partial charge in [-0.1, -0.05) is 12.1 Å². The van der Waals surface area contributed by atoms with Crippen LogP contribution in [0.1, 0.15) is 24.3 Å². The fourth-order valence-corrected chi connectivity index (χ4v) is 2.92. The van der Waals surface area contributed by atoms with Crippen LogP contribution >= 0.6 is 0 Å². The zero-order valence-corrected chi connectivity index (χ0v) is 14.0. The van der Waals surface area contributed by atoms with E-state index in [0.717, 1.165) is 18.4 Å². The first-order valence-corrected chi connectivity index (χ1v) is 8.26. The zero-order chi connectivity index (χ0) is 18.8. The Morgan fingerprint density at radius 2 is 1.89 bits per heavy atom. The number of ether oxygens (including phenoxy) is 2. The van der Waals surface area contributed by atoms with Crippen molar-refractivity contribution in [1.29, 1.82) is 0 Å². The molecule has 27 heavy (non-hydrogen) atoms. The molecule has 1 N–H and O–H groups in total. The van der Waals surface area contributed by atoms with Gasteiger partial charge in [-0.15, -0.1) is 0 Å². The minimum absolute atomic E-state index is 0.0152. The SMILES string of the molecule is Oc1cc(-c2cnc(O[C@H]3C[C@@H](c4ccc(OC(F)F)cc4)C3)cn2)on1. The van der Waals surface area contributed by atoms with E-state index in [9.17, 15) is 13.9 Å². The van der Waals surface area contributed by atoms with Crippen molar-refractivity contribution in [3.8, 4) is 29.0 Å². The molecule has 4 rings (SSSR count). The molecule has 0 spiro atoms. The molecule has 0 unspecified atom stereocenters. The summed E-state index contributed by atoms with van der Waals surface area (Å²) in [6.07, 6.45) is 4.58. The first-order valence-electron chi connectivity index (χ1n) is 8.26. The van der Waals surface area contributed by atoms with Gasteiger partial charge in [-0.25, -0.2) is 9.97 Å². The van der Waals surface area contributed by atoms with Crippen LogP contribution in [-0.2, 0) is 0 Å². The molecule has 7 nitrogen and oxygen atoms in total. The van der Waals surface area contributed by atoms with E-state index in [1.165, 1.54) is 18.5 Å². The summed E-state index contributed by atoms with van der Waals surface area (Å²) in [6.45, 7) is -2.82. The average Bonchev–Trinajstić information content (AvgIpc) is 3.05. The maximum absolute atomic E-state index is 12.2. The van der Waals surface area contributed by atoms with E-state index < -0.39 is 6.61 Å². The zero-order valence-electron chi connectivity index (χ0n) is 14.0. The van der Waals surface area contributed by atoms with Crippen molar-refractivity contribution in [1.82, 2.24) is 15.1 Å². The van der Waals surface area contributed by atoms with Crippen LogP contribution in [0.5, 0.6) is 17.5 Å². The van der Waals surface area contributed by atoms with Gasteiger partial charge in [0.15, 0.2) is 5.76 Å². The molecular formula is C18H15F2N3O4. The first kappa shape index (κ1) is 17.2. The van der Waals surface area contributed by atoms with Crippen molar-refractivity contribution in [3.05, 3.63) is 48.3 Å². The van der Waals surface area contributed by atoms with Crippen molar-refractivity contribution in [3.63, 3.8) is 0 Å². The van der Waals surface area contributed by atoms with Gasteiger partial charge in [-0.3, -0.25) is 0 Å². The molecule has 0 saturated heterocycles. The second-order valence-corrected chi connectivity index (χ2v) is 6.14. The van der Waals surface area contributed by atoms with Gasteiger partial charge >= 0.3 is 6.61 Å². The van der Waals surface area contributed by atoms with E-state index >= 15 is 0 Å². The first-order chi connectivity index (χ1) is 13.1. The Morgan fingerprint density at radius 1 is 1.11 bits per heavy atom. The van der Waals surface area contributed by atoms with E-state index in [0.29, 0.717) is 23.3 Å². The second kappa shape index (κ2) is 7.18. The summed E-state index contributed by atoms with van der Waals surface area (Å²) in [7, 11) is 0. The lowest BCUT2D eigenvalue weighted by Gasteiger charge is -2.35. The van der Waals surface area contributed by atoms with Crippen molar-refractivity contribution < 1.29 is 27.9 Å². The molecule has 2 heterocycles. The molecule has 0 radical (unpaired) electrons. The lowest BCUT2D eigenvalue weighted by atomic mass is 9.77. The largest absolute Gasteiger partial charge is 0.491 e.